The summed E-state index contributed by atoms with van der Waals surface area (Å²) in [6.45, 7) is 1.70. The van der Waals surface area contributed by atoms with Crippen molar-refractivity contribution in [2.24, 2.45) is 0 Å². The maximum absolute atomic E-state index is 13.4. The Morgan fingerprint density at radius 3 is 2.88 bits per heavy atom. The molecule has 16 heavy (non-hydrogen) atoms. The highest BCUT2D eigenvalue weighted by atomic mass is 19.1. The zero-order valence-electron chi connectivity index (χ0n) is 8.74. The fourth-order valence-corrected chi connectivity index (χ4v) is 1.06. The lowest BCUT2D eigenvalue weighted by atomic mass is 10.1. The second-order valence-corrected chi connectivity index (χ2v) is 3.23. The molecule has 1 aromatic rings. The third kappa shape index (κ3) is 3.07. The van der Waals surface area contributed by atoms with Crippen LogP contribution in [0, 0.1) is 18.2 Å². The van der Waals surface area contributed by atoms with Crippen molar-refractivity contribution >= 4 is 5.97 Å². The molecule has 0 aliphatic heterocycles. The van der Waals surface area contributed by atoms with E-state index in [2.05, 4.69) is 5.92 Å². The second-order valence-electron chi connectivity index (χ2n) is 3.23. The molecule has 0 heterocycles. The van der Waals surface area contributed by atoms with Crippen molar-refractivity contribution in [3.05, 3.63) is 35.1 Å². The van der Waals surface area contributed by atoms with Gasteiger partial charge in [0.1, 0.15) is 11.9 Å². The second kappa shape index (κ2) is 5.29. The molecule has 1 N–H and O–H groups in total. The molecule has 4 heteroatoms. The minimum Gasteiger partial charge on any atom is -0.478 e. The van der Waals surface area contributed by atoms with Crippen LogP contribution < -0.4 is 0 Å². The molecular formula is C12H11FO3. The summed E-state index contributed by atoms with van der Waals surface area (Å²) >= 11 is 0. The minimum absolute atomic E-state index is 0.0249. The number of hydrogen-bond donors (Lipinski definition) is 1. The van der Waals surface area contributed by atoms with Crippen LogP contribution in [0.2, 0.25) is 0 Å². The number of aromatic carboxylic acids is 1. The normalized spacial score (nSPS) is 11.8. The highest BCUT2D eigenvalue weighted by Crippen LogP contribution is 2.12. The van der Waals surface area contributed by atoms with Crippen molar-refractivity contribution in [1.82, 2.24) is 0 Å². The first-order chi connectivity index (χ1) is 7.54. The molecule has 0 aromatic heterocycles. The minimum atomic E-state index is -1.16. The zero-order valence-corrected chi connectivity index (χ0v) is 8.74. The molecule has 0 saturated carbocycles. The van der Waals surface area contributed by atoms with Gasteiger partial charge in [0.25, 0.3) is 0 Å². The Labute approximate surface area is 92.9 Å². The van der Waals surface area contributed by atoms with Crippen LogP contribution in [-0.2, 0) is 11.3 Å². The molecule has 1 atom stereocenters. The van der Waals surface area contributed by atoms with Crippen LogP contribution in [0.15, 0.2) is 18.2 Å². The summed E-state index contributed by atoms with van der Waals surface area (Å²) in [7, 11) is 0. The van der Waals surface area contributed by atoms with Crippen LogP contribution in [0.25, 0.3) is 0 Å². The number of carboxylic acids is 1. The number of halogens is 1. The summed E-state index contributed by atoms with van der Waals surface area (Å²) in [5.41, 5.74) is 0.193. The fraction of sp³-hybridized carbons (Fsp3) is 0.250. The highest BCUT2D eigenvalue weighted by molar-refractivity contribution is 5.87. The van der Waals surface area contributed by atoms with Crippen LogP contribution in [-0.4, -0.2) is 17.2 Å². The number of ether oxygens (including phenoxy) is 1. The Balaban J connectivity index is 2.76. The van der Waals surface area contributed by atoms with Crippen LogP contribution in [0.4, 0.5) is 4.39 Å². The lowest BCUT2D eigenvalue weighted by Crippen LogP contribution is -2.06. The maximum Gasteiger partial charge on any atom is 0.335 e. The number of carbonyl (C=O) groups is 1. The molecule has 3 nitrogen and oxygen atoms in total. The molecule has 0 radical (unpaired) electrons. The first-order valence-electron chi connectivity index (χ1n) is 4.64. The van der Waals surface area contributed by atoms with E-state index in [0.717, 1.165) is 6.07 Å². The lowest BCUT2D eigenvalue weighted by Gasteiger charge is -2.08. The SMILES string of the molecule is C#CC(C)OCc1ccc(C(=O)O)cc1F. The molecule has 84 valence electrons. The van der Waals surface area contributed by atoms with Gasteiger partial charge in [-0.3, -0.25) is 0 Å². The van der Waals surface area contributed by atoms with Gasteiger partial charge in [-0.1, -0.05) is 12.0 Å². The molecule has 1 aromatic carbocycles. The Hall–Kier alpha value is -1.86. The highest BCUT2D eigenvalue weighted by Gasteiger charge is 2.09. The molecule has 0 spiro atoms. The average Bonchev–Trinajstić information content (AvgIpc) is 2.26. The molecule has 0 aliphatic rings. The van der Waals surface area contributed by atoms with E-state index < -0.39 is 17.9 Å². The molecule has 0 bridgehead atoms. The number of benzene rings is 1. The zero-order chi connectivity index (χ0) is 12.1. The maximum atomic E-state index is 13.4. The largest absolute Gasteiger partial charge is 0.478 e. The predicted molar refractivity (Wildman–Crippen MR) is 56.4 cm³/mol. The van der Waals surface area contributed by atoms with Gasteiger partial charge in [-0.25, -0.2) is 9.18 Å². The molecule has 1 rings (SSSR count). The van der Waals surface area contributed by atoms with Gasteiger partial charge in [0.2, 0.25) is 0 Å². The Morgan fingerprint density at radius 1 is 1.69 bits per heavy atom. The van der Waals surface area contributed by atoms with E-state index in [1.807, 2.05) is 0 Å². The molecule has 1 unspecified atom stereocenters. The smallest absolute Gasteiger partial charge is 0.335 e. The monoisotopic (exact) mass is 222 g/mol. The topological polar surface area (TPSA) is 46.5 Å². The Morgan fingerprint density at radius 2 is 2.38 bits per heavy atom. The Bertz CT molecular complexity index is 434. The summed E-state index contributed by atoms with van der Waals surface area (Å²) in [4.78, 5) is 10.6. The van der Waals surface area contributed by atoms with Crippen LogP contribution in [0.1, 0.15) is 22.8 Å². The van der Waals surface area contributed by atoms with Crippen molar-refractivity contribution in [1.29, 1.82) is 0 Å². The number of terminal acetylenes is 1. The molecule has 0 fully saturated rings. The van der Waals surface area contributed by atoms with E-state index >= 15 is 0 Å². The van der Waals surface area contributed by atoms with Gasteiger partial charge in [-0.2, -0.15) is 0 Å². The number of carboxylic acid groups (broad SMARTS) is 1. The van der Waals surface area contributed by atoms with Crippen molar-refractivity contribution in [3.63, 3.8) is 0 Å². The van der Waals surface area contributed by atoms with E-state index in [1.165, 1.54) is 12.1 Å². The fourth-order valence-electron chi connectivity index (χ4n) is 1.06. The molecule has 0 saturated heterocycles. The van der Waals surface area contributed by atoms with E-state index in [-0.39, 0.29) is 17.7 Å². The van der Waals surface area contributed by atoms with Gasteiger partial charge < -0.3 is 9.84 Å². The molecule has 0 aliphatic carbocycles. The third-order valence-electron chi connectivity index (χ3n) is 2.02. The van der Waals surface area contributed by atoms with E-state index in [0.29, 0.717) is 0 Å². The Kier molecular flexibility index (Phi) is 4.03. The van der Waals surface area contributed by atoms with Crippen molar-refractivity contribution in [3.8, 4) is 12.3 Å². The van der Waals surface area contributed by atoms with Crippen molar-refractivity contribution < 1.29 is 19.0 Å². The van der Waals surface area contributed by atoms with E-state index in [9.17, 15) is 9.18 Å². The van der Waals surface area contributed by atoms with Crippen LogP contribution in [0.5, 0.6) is 0 Å². The standard InChI is InChI=1S/C12H11FO3/c1-3-8(2)16-7-10-5-4-9(12(14)15)6-11(10)13/h1,4-6,8H,7H2,2H3,(H,14,15). The van der Waals surface area contributed by atoms with Crippen LogP contribution >= 0.6 is 0 Å². The molecular weight excluding hydrogens is 211 g/mol. The van der Waals surface area contributed by atoms with Gasteiger partial charge in [0.05, 0.1) is 12.2 Å². The molecule has 0 amide bonds. The van der Waals surface area contributed by atoms with Crippen LogP contribution in [0.3, 0.4) is 0 Å². The van der Waals surface area contributed by atoms with Gasteiger partial charge in [0, 0.05) is 5.56 Å². The summed E-state index contributed by atoms with van der Waals surface area (Å²) in [6, 6.07) is 3.66. The van der Waals surface area contributed by atoms with Crippen molar-refractivity contribution in [2.45, 2.75) is 19.6 Å². The third-order valence-corrected chi connectivity index (χ3v) is 2.02. The number of hydrogen-bond acceptors (Lipinski definition) is 2. The summed E-state index contributed by atoms with van der Waals surface area (Å²) in [6.07, 6.45) is 4.69. The van der Waals surface area contributed by atoms with Gasteiger partial charge in [-0.05, 0) is 19.1 Å². The quantitative estimate of drug-likeness (QED) is 0.793. The van der Waals surface area contributed by atoms with E-state index in [1.54, 1.807) is 6.92 Å². The van der Waals surface area contributed by atoms with Gasteiger partial charge >= 0.3 is 5.97 Å². The number of rotatable bonds is 4. The summed E-state index contributed by atoms with van der Waals surface area (Å²) in [5.74, 6) is 0.575. The van der Waals surface area contributed by atoms with Crippen molar-refractivity contribution in [2.75, 3.05) is 0 Å². The summed E-state index contributed by atoms with van der Waals surface area (Å²) < 4.78 is 18.5. The first kappa shape index (κ1) is 12.2. The van der Waals surface area contributed by atoms with Gasteiger partial charge in [0.15, 0.2) is 0 Å². The lowest BCUT2D eigenvalue weighted by molar-refractivity contribution is 0.0695. The van der Waals surface area contributed by atoms with E-state index in [4.69, 9.17) is 16.3 Å². The first-order valence-corrected chi connectivity index (χ1v) is 4.64. The van der Waals surface area contributed by atoms with Gasteiger partial charge in [-0.15, -0.1) is 6.42 Å². The summed E-state index contributed by atoms with van der Waals surface area (Å²) in [5, 5.41) is 8.63. The average molecular weight is 222 g/mol. The predicted octanol–water partition coefficient (Wildman–Crippen LogP) is 2.06.